The van der Waals surface area contributed by atoms with Crippen LogP contribution in [0.15, 0.2) is 47.5 Å². The lowest BCUT2D eigenvalue weighted by molar-refractivity contribution is 0.213. The zero-order valence-corrected chi connectivity index (χ0v) is 19.1. The van der Waals surface area contributed by atoms with Crippen molar-refractivity contribution >= 4 is 40.3 Å². The van der Waals surface area contributed by atoms with E-state index in [2.05, 4.69) is 40.6 Å². The van der Waals surface area contributed by atoms with Crippen molar-refractivity contribution in [1.82, 2.24) is 14.9 Å². The van der Waals surface area contributed by atoms with Crippen LogP contribution < -0.4 is 10.6 Å². The summed E-state index contributed by atoms with van der Waals surface area (Å²) >= 11 is 1.75. The van der Waals surface area contributed by atoms with Gasteiger partial charge in [-0.1, -0.05) is 19.9 Å². The third-order valence-electron chi connectivity index (χ3n) is 5.76. The number of fused-ring (bicyclic) bond motifs is 1. The molecule has 164 valence electrons. The smallest absolute Gasteiger partial charge is 0.324 e. The monoisotopic (exact) mass is 437 g/mol. The van der Waals surface area contributed by atoms with Gasteiger partial charge in [-0.3, -0.25) is 5.32 Å². The molecule has 0 atom stereocenters. The Labute approximate surface area is 188 Å². The maximum absolute atomic E-state index is 12.5. The molecule has 0 bridgehead atoms. The molecular formula is C24H31N5OS. The van der Waals surface area contributed by atoms with Crippen LogP contribution >= 0.6 is 11.8 Å². The highest BCUT2D eigenvalue weighted by Crippen LogP contribution is 2.33. The molecule has 3 N–H and O–H groups in total. The first-order valence-corrected chi connectivity index (χ1v) is 12.2. The van der Waals surface area contributed by atoms with Gasteiger partial charge in [-0.25, -0.2) is 9.78 Å². The summed E-state index contributed by atoms with van der Waals surface area (Å²) < 4.78 is 0. The van der Waals surface area contributed by atoms with E-state index in [9.17, 15) is 4.79 Å². The Kier molecular flexibility index (Phi) is 7.14. The Balaban J connectivity index is 1.44. The van der Waals surface area contributed by atoms with Gasteiger partial charge in [0.2, 0.25) is 0 Å². The van der Waals surface area contributed by atoms with E-state index in [1.165, 1.54) is 18.5 Å². The molecule has 1 aromatic carbocycles. The van der Waals surface area contributed by atoms with E-state index in [1.807, 2.05) is 36.4 Å². The molecule has 0 saturated carbocycles. The zero-order chi connectivity index (χ0) is 21.6. The molecule has 0 aliphatic carbocycles. The first-order chi connectivity index (χ1) is 15.2. The number of piperidine rings is 1. The van der Waals surface area contributed by atoms with Crippen molar-refractivity contribution < 1.29 is 4.79 Å². The maximum atomic E-state index is 12.5. The van der Waals surface area contributed by atoms with Crippen molar-refractivity contribution in [2.45, 2.75) is 43.9 Å². The Hall–Kier alpha value is -2.51. The molecule has 1 aliphatic heterocycles. The van der Waals surface area contributed by atoms with E-state index < -0.39 is 0 Å². The van der Waals surface area contributed by atoms with E-state index in [1.54, 1.807) is 11.8 Å². The van der Waals surface area contributed by atoms with Crippen LogP contribution in [-0.4, -0.2) is 46.3 Å². The Morgan fingerprint density at radius 1 is 1.19 bits per heavy atom. The van der Waals surface area contributed by atoms with Gasteiger partial charge in [-0.05, 0) is 86.5 Å². The summed E-state index contributed by atoms with van der Waals surface area (Å²) in [7, 11) is 0. The molecule has 0 unspecified atom stereocenters. The van der Waals surface area contributed by atoms with Crippen LogP contribution in [0.2, 0.25) is 0 Å². The Bertz CT molecular complexity index is 1030. The number of likely N-dealkylation sites (tertiary alicyclic amines) is 1. The second kappa shape index (κ2) is 10.2. The number of anilines is 2. The fourth-order valence-electron chi connectivity index (χ4n) is 4.29. The molecule has 1 fully saturated rings. The summed E-state index contributed by atoms with van der Waals surface area (Å²) in [6, 6.07) is 11.4. The van der Waals surface area contributed by atoms with Crippen molar-refractivity contribution in [3.05, 3.63) is 48.2 Å². The van der Waals surface area contributed by atoms with Gasteiger partial charge in [0, 0.05) is 16.8 Å². The predicted octanol–water partition coefficient (Wildman–Crippen LogP) is 5.91. The lowest BCUT2D eigenvalue weighted by Gasteiger charge is -2.31. The van der Waals surface area contributed by atoms with Crippen LogP contribution in [-0.2, 0) is 0 Å². The molecule has 3 heterocycles. The number of pyridine rings is 1. The standard InChI is InChI=1S/C24H31N5OS/c1-3-12-29-13-10-17(11-14-29)20-16-25-21-8-9-22(27-23(20)21)28-24(30)26-18-6-5-7-19(15-18)31-4-2/h5-9,15-17,25H,3-4,10-14H2,1-2H3,(H2,26,27,28,30). The SMILES string of the molecule is CCCN1CCC(c2c[nH]c3ccc(NC(=O)Nc4cccc(SCC)c4)nc23)CC1. The number of nitrogens with one attached hydrogen (secondary N) is 3. The van der Waals surface area contributed by atoms with Gasteiger partial charge in [0.25, 0.3) is 0 Å². The molecule has 1 saturated heterocycles. The van der Waals surface area contributed by atoms with Crippen LogP contribution in [0.1, 0.15) is 44.6 Å². The summed E-state index contributed by atoms with van der Waals surface area (Å²) in [5, 5.41) is 5.80. The molecule has 1 aliphatic rings. The van der Waals surface area contributed by atoms with Crippen molar-refractivity contribution in [2.24, 2.45) is 0 Å². The van der Waals surface area contributed by atoms with Crippen molar-refractivity contribution in [3.63, 3.8) is 0 Å². The van der Waals surface area contributed by atoms with Crippen LogP contribution in [0.4, 0.5) is 16.3 Å². The highest BCUT2D eigenvalue weighted by Gasteiger charge is 2.23. The molecule has 7 heteroatoms. The van der Waals surface area contributed by atoms with Crippen LogP contribution in [0.25, 0.3) is 11.0 Å². The number of carbonyl (C=O) groups is 1. The second-order valence-electron chi connectivity index (χ2n) is 7.99. The minimum Gasteiger partial charge on any atom is -0.360 e. The van der Waals surface area contributed by atoms with Crippen molar-refractivity contribution in [3.8, 4) is 0 Å². The van der Waals surface area contributed by atoms with E-state index in [-0.39, 0.29) is 6.03 Å². The van der Waals surface area contributed by atoms with Crippen LogP contribution in [0, 0.1) is 0 Å². The highest BCUT2D eigenvalue weighted by atomic mass is 32.2. The summed E-state index contributed by atoms with van der Waals surface area (Å²) in [6.07, 6.45) is 5.61. The maximum Gasteiger partial charge on any atom is 0.324 e. The topological polar surface area (TPSA) is 73.1 Å². The quantitative estimate of drug-likeness (QED) is 0.402. The number of amides is 2. The third-order valence-corrected chi connectivity index (χ3v) is 6.64. The number of carbonyl (C=O) groups excluding carboxylic acids is 1. The van der Waals surface area contributed by atoms with Crippen molar-refractivity contribution in [1.29, 1.82) is 0 Å². The van der Waals surface area contributed by atoms with Gasteiger partial charge in [-0.15, -0.1) is 11.8 Å². The van der Waals surface area contributed by atoms with E-state index in [0.29, 0.717) is 11.7 Å². The third kappa shape index (κ3) is 5.40. The molecular weight excluding hydrogens is 406 g/mol. The average Bonchev–Trinajstić information content (AvgIpc) is 3.18. The normalized spacial score (nSPS) is 15.3. The minimum absolute atomic E-state index is 0.282. The number of rotatable bonds is 7. The molecule has 31 heavy (non-hydrogen) atoms. The molecule has 3 aromatic rings. The van der Waals surface area contributed by atoms with E-state index in [0.717, 1.165) is 53.3 Å². The number of hydrogen-bond donors (Lipinski definition) is 3. The summed E-state index contributed by atoms with van der Waals surface area (Å²) in [6.45, 7) is 7.81. The zero-order valence-electron chi connectivity index (χ0n) is 18.3. The molecule has 2 amide bonds. The van der Waals surface area contributed by atoms with Crippen molar-refractivity contribution in [2.75, 3.05) is 36.0 Å². The first-order valence-electron chi connectivity index (χ1n) is 11.2. The molecule has 2 aromatic heterocycles. The fourth-order valence-corrected chi connectivity index (χ4v) is 5.01. The first kappa shape index (κ1) is 21.7. The Morgan fingerprint density at radius 2 is 2.03 bits per heavy atom. The van der Waals surface area contributed by atoms with Gasteiger partial charge < -0.3 is 15.2 Å². The van der Waals surface area contributed by atoms with Gasteiger partial charge in [0.05, 0.1) is 11.0 Å². The molecule has 0 spiro atoms. The summed E-state index contributed by atoms with van der Waals surface area (Å²) in [5.41, 5.74) is 4.02. The highest BCUT2D eigenvalue weighted by molar-refractivity contribution is 7.99. The average molecular weight is 438 g/mol. The van der Waals surface area contributed by atoms with Crippen LogP contribution in [0.5, 0.6) is 0 Å². The summed E-state index contributed by atoms with van der Waals surface area (Å²) in [5.74, 6) is 2.07. The van der Waals surface area contributed by atoms with Crippen LogP contribution in [0.3, 0.4) is 0 Å². The number of nitrogens with zero attached hydrogens (tertiary/aromatic N) is 2. The van der Waals surface area contributed by atoms with Gasteiger partial charge >= 0.3 is 6.03 Å². The number of urea groups is 1. The number of aromatic nitrogens is 2. The fraction of sp³-hybridized carbons (Fsp3) is 0.417. The second-order valence-corrected chi connectivity index (χ2v) is 9.33. The lowest BCUT2D eigenvalue weighted by Crippen LogP contribution is -2.33. The Morgan fingerprint density at radius 3 is 2.81 bits per heavy atom. The predicted molar refractivity (Wildman–Crippen MR) is 130 cm³/mol. The number of aromatic amines is 1. The minimum atomic E-state index is -0.282. The van der Waals surface area contributed by atoms with E-state index in [4.69, 9.17) is 4.98 Å². The molecule has 6 nitrogen and oxygen atoms in total. The molecule has 4 rings (SSSR count). The van der Waals surface area contributed by atoms with Gasteiger partial charge in [0.1, 0.15) is 5.82 Å². The van der Waals surface area contributed by atoms with E-state index >= 15 is 0 Å². The number of benzene rings is 1. The summed E-state index contributed by atoms with van der Waals surface area (Å²) in [4.78, 5) is 24.3. The lowest BCUT2D eigenvalue weighted by atomic mass is 9.90. The molecule has 0 radical (unpaired) electrons. The number of H-pyrrole nitrogens is 1. The largest absolute Gasteiger partial charge is 0.360 e. The van der Waals surface area contributed by atoms with Gasteiger partial charge in [-0.2, -0.15) is 0 Å². The van der Waals surface area contributed by atoms with Gasteiger partial charge in [0.15, 0.2) is 0 Å². The number of thioether (sulfide) groups is 1. The number of hydrogen-bond acceptors (Lipinski definition) is 4.